The number of anilines is 1. The van der Waals surface area contributed by atoms with E-state index in [9.17, 15) is 9.50 Å². The number of aliphatic hydroxyl groups excluding tert-OH is 1. The van der Waals surface area contributed by atoms with Gasteiger partial charge in [0.25, 0.3) is 0 Å². The Labute approximate surface area is 114 Å². The summed E-state index contributed by atoms with van der Waals surface area (Å²) in [4.78, 5) is 2.12. The molecule has 1 unspecified atom stereocenters. The lowest BCUT2D eigenvalue weighted by Crippen LogP contribution is -2.36. The average molecular weight is 266 g/mol. The van der Waals surface area contributed by atoms with E-state index in [2.05, 4.69) is 10.2 Å². The van der Waals surface area contributed by atoms with Crippen molar-refractivity contribution in [1.29, 1.82) is 0 Å². The third-order valence-electron chi connectivity index (χ3n) is 4.11. The van der Waals surface area contributed by atoms with Crippen LogP contribution in [-0.2, 0) is 0 Å². The molecule has 0 amide bonds. The molecule has 3 nitrogen and oxygen atoms in total. The third kappa shape index (κ3) is 3.07. The van der Waals surface area contributed by atoms with Crippen molar-refractivity contribution in [1.82, 2.24) is 5.32 Å². The summed E-state index contributed by atoms with van der Waals surface area (Å²) < 4.78 is 14.2. The maximum absolute atomic E-state index is 14.2. The molecule has 2 N–H and O–H groups in total. The molecule has 1 aromatic rings. The van der Waals surface area contributed by atoms with Crippen LogP contribution in [0.15, 0.2) is 18.2 Å². The van der Waals surface area contributed by atoms with Gasteiger partial charge in [0.2, 0.25) is 0 Å². The van der Waals surface area contributed by atoms with Crippen molar-refractivity contribution < 1.29 is 9.50 Å². The average Bonchev–Trinajstić information content (AvgIpc) is 2.46. The quantitative estimate of drug-likeness (QED) is 0.878. The summed E-state index contributed by atoms with van der Waals surface area (Å²) in [6.07, 6.45) is 1.86. The van der Waals surface area contributed by atoms with Crippen molar-refractivity contribution in [3.63, 3.8) is 0 Å². The van der Waals surface area contributed by atoms with Crippen LogP contribution in [0.2, 0.25) is 0 Å². The molecule has 106 valence electrons. The molecule has 2 rings (SSSR count). The molecule has 1 aromatic carbocycles. The highest BCUT2D eigenvalue weighted by Gasteiger charge is 2.24. The number of piperidine rings is 1. The van der Waals surface area contributed by atoms with Crippen LogP contribution in [0.4, 0.5) is 10.1 Å². The lowest BCUT2D eigenvalue weighted by molar-refractivity contribution is 0.202. The number of halogens is 1. The molecule has 1 atom stereocenters. The molecule has 1 fully saturated rings. The van der Waals surface area contributed by atoms with E-state index in [1.54, 1.807) is 6.07 Å². The Balaban J connectivity index is 2.24. The van der Waals surface area contributed by atoms with Crippen LogP contribution in [0.3, 0.4) is 0 Å². The monoisotopic (exact) mass is 266 g/mol. The lowest BCUT2D eigenvalue weighted by atomic mass is 9.96. The minimum absolute atomic E-state index is 0.126. The van der Waals surface area contributed by atoms with E-state index < -0.39 is 0 Å². The summed E-state index contributed by atoms with van der Waals surface area (Å²) in [6.45, 7) is 3.91. The molecule has 0 spiro atoms. The number of nitrogens with zero attached hydrogens (tertiary/aromatic N) is 1. The predicted octanol–water partition coefficient (Wildman–Crippen LogP) is 2.31. The molecular formula is C15H23FN2O. The van der Waals surface area contributed by atoms with Crippen molar-refractivity contribution >= 4 is 5.69 Å². The molecule has 4 heteroatoms. The van der Waals surface area contributed by atoms with E-state index >= 15 is 0 Å². The van der Waals surface area contributed by atoms with Crippen molar-refractivity contribution in [2.75, 3.05) is 31.6 Å². The smallest absolute Gasteiger partial charge is 0.146 e. The fraction of sp³-hybridized carbons (Fsp3) is 0.600. The minimum atomic E-state index is -0.151. The normalized spacial score (nSPS) is 18.6. The summed E-state index contributed by atoms with van der Waals surface area (Å²) >= 11 is 0. The molecule has 1 aliphatic rings. The van der Waals surface area contributed by atoms with Crippen molar-refractivity contribution in [2.24, 2.45) is 5.92 Å². The highest BCUT2D eigenvalue weighted by molar-refractivity contribution is 5.56. The van der Waals surface area contributed by atoms with Gasteiger partial charge in [0.1, 0.15) is 5.82 Å². The van der Waals surface area contributed by atoms with Crippen LogP contribution in [0, 0.1) is 11.7 Å². The summed E-state index contributed by atoms with van der Waals surface area (Å²) in [5.74, 6) is 0.218. The number of benzene rings is 1. The number of hydrogen-bond donors (Lipinski definition) is 2. The Bertz CT molecular complexity index is 417. The first-order chi connectivity index (χ1) is 9.17. The first-order valence-corrected chi connectivity index (χ1v) is 6.98. The summed E-state index contributed by atoms with van der Waals surface area (Å²) in [5, 5.41) is 12.4. The summed E-state index contributed by atoms with van der Waals surface area (Å²) in [6, 6.07) is 5.40. The highest BCUT2D eigenvalue weighted by Crippen LogP contribution is 2.32. The molecule has 1 heterocycles. The molecule has 0 saturated carbocycles. The SMILES string of the molecule is CNC(C)c1cccc(F)c1N1CCC(CO)CC1. The summed E-state index contributed by atoms with van der Waals surface area (Å²) in [7, 11) is 1.89. The molecule has 1 aliphatic heterocycles. The van der Waals surface area contributed by atoms with E-state index in [1.165, 1.54) is 6.07 Å². The number of para-hydroxylation sites is 1. The molecule has 1 saturated heterocycles. The van der Waals surface area contributed by atoms with Crippen LogP contribution in [0.25, 0.3) is 0 Å². The van der Waals surface area contributed by atoms with Gasteiger partial charge >= 0.3 is 0 Å². The number of nitrogens with one attached hydrogen (secondary N) is 1. The van der Waals surface area contributed by atoms with Gasteiger partial charge in [-0.2, -0.15) is 0 Å². The zero-order chi connectivity index (χ0) is 13.8. The van der Waals surface area contributed by atoms with Crippen LogP contribution in [-0.4, -0.2) is 31.9 Å². The van der Waals surface area contributed by atoms with Gasteiger partial charge in [-0.05, 0) is 44.4 Å². The fourth-order valence-electron chi connectivity index (χ4n) is 2.71. The van der Waals surface area contributed by atoms with Gasteiger partial charge in [-0.3, -0.25) is 0 Å². The largest absolute Gasteiger partial charge is 0.396 e. The van der Waals surface area contributed by atoms with Gasteiger partial charge in [-0.1, -0.05) is 12.1 Å². The molecule has 0 aliphatic carbocycles. The third-order valence-corrected chi connectivity index (χ3v) is 4.11. The predicted molar refractivity (Wildman–Crippen MR) is 75.9 cm³/mol. The summed E-state index contributed by atoms with van der Waals surface area (Å²) in [5.41, 5.74) is 1.73. The van der Waals surface area contributed by atoms with Gasteiger partial charge in [-0.15, -0.1) is 0 Å². The highest BCUT2D eigenvalue weighted by atomic mass is 19.1. The van der Waals surface area contributed by atoms with Gasteiger partial charge in [-0.25, -0.2) is 4.39 Å². The second-order valence-electron chi connectivity index (χ2n) is 5.30. The van der Waals surface area contributed by atoms with Gasteiger partial charge in [0, 0.05) is 25.7 Å². The van der Waals surface area contributed by atoms with Crippen molar-refractivity contribution in [3.8, 4) is 0 Å². The van der Waals surface area contributed by atoms with Crippen LogP contribution in [0.5, 0.6) is 0 Å². The molecule has 0 radical (unpaired) electrons. The Morgan fingerprint density at radius 1 is 1.42 bits per heavy atom. The van der Waals surface area contributed by atoms with Gasteiger partial charge in [0.15, 0.2) is 0 Å². The second-order valence-corrected chi connectivity index (χ2v) is 5.30. The van der Waals surface area contributed by atoms with E-state index in [1.807, 2.05) is 20.0 Å². The zero-order valence-corrected chi connectivity index (χ0v) is 11.7. The minimum Gasteiger partial charge on any atom is -0.396 e. The van der Waals surface area contributed by atoms with E-state index in [-0.39, 0.29) is 18.5 Å². The topological polar surface area (TPSA) is 35.5 Å². The van der Waals surface area contributed by atoms with E-state index in [0.717, 1.165) is 37.2 Å². The number of aliphatic hydroxyl groups is 1. The van der Waals surface area contributed by atoms with Crippen LogP contribution >= 0.6 is 0 Å². The number of rotatable bonds is 4. The molecule has 19 heavy (non-hydrogen) atoms. The van der Waals surface area contributed by atoms with E-state index in [4.69, 9.17) is 0 Å². The first-order valence-electron chi connectivity index (χ1n) is 6.98. The van der Waals surface area contributed by atoms with Crippen LogP contribution in [0.1, 0.15) is 31.4 Å². The Hall–Kier alpha value is -1.13. The maximum atomic E-state index is 14.2. The fourth-order valence-corrected chi connectivity index (χ4v) is 2.71. The van der Waals surface area contributed by atoms with Crippen LogP contribution < -0.4 is 10.2 Å². The number of hydrogen-bond acceptors (Lipinski definition) is 3. The van der Waals surface area contributed by atoms with Crippen molar-refractivity contribution in [3.05, 3.63) is 29.6 Å². The van der Waals surface area contributed by atoms with Crippen molar-refractivity contribution in [2.45, 2.75) is 25.8 Å². The Morgan fingerprint density at radius 2 is 2.11 bits per heavy atom. The van der Waals surface area contributed by atoms with Gasteiger partial charge < -0.3 is 15.3 Å². The Kier molecular flexibility index (Phi) is 4.77. The first kappa shape index (κ1) is 14.3. The lowest BCUT2D eigenvalue weighted by Gasteiger charge is -2.35. The molecule has 0 bridgehead atoms. The molecule has 0 aromatic heterocycles. The van der Waals surface area contributed by atoms with Gasteiger partial charge in [0.05, 0.1) is 5.69 Å². The standard InChI is InChI=1S/C15H23FN2O/c1-11(17-2)13-4-3-5-14(16)15(13)18-8-6-12(10-19)7-9-18/h3-5,11-12,17,19H,6-10H2,1-2H3. The Morgan fingerprint density at radius 3 is 2.68 bits per heavy atom. The maximum Gasteiger partial charge on any atom is 0.146 e. The second kappa shape index (κ2) is 6.35. The van der Waals surface area contributed by atoms with E-state index in [0.29, 0.717) is 5.92 Å². The molecular weight excluding hydrogens is 243 g/mol. The zero-order valence-electron chi connectivity index (χ0n) is 11.7.